The largest absolute Gasteiger partial charge is 0.492 e. The van der Waals surface area contributed by atoms with E-state index in [1.165, 1.54) is 32.4 Å². The molecule has 88 valence electrons. The Hall–Kier alpha value is -0.670. The van der Waals surface area contributed by atoms with Gasteiger partial charge in [-0.3, -0.25) is 4.90 Å². The Bertz CT molecular complexity index is 306. The second-order valence-electron chi connectivity index (χ2n) is 4.24. The second-order valence-corrected chi connectivity index (χ2v) is 4.76. The molecule has 0 spiro atoms. The van der Waals surface area contributed by atoms with Crippen LogP contribution in [0, 0.1) is 0 Å². The van der Waals surface area contributed by atoms with Crippen LogP contribution in [0.1, 0.15) is 19.3 Å². The van der Waals surface area contributed by atoms with Gasteiger partial charge in [0, 0.05) is 11.4 Å². The summed E-state index contributed by atoms with van der Waals surface area (Å²) >= 11 is 4.24. The predicted octanol–water partition coefficient (Wildman–Crippen LogP) is 2.84. The molecule has 1 saturated heterocycles. The molecule has 0 saturated carbocycles. The molecule has 2 rings (SSSR count). The lowest BCUT2D eigenvalue weighted by molar-refractivity contribution is 0.183. The highest BCUT2D eigenvalue weighted by molar-refractivity contribution is 7.80. The van der Waals surface area contributed by atoms with Gasteiger partial charge in [0.2, 0.25) is 0 Å². The molecule has 1 fully saturated rings. The van der Waals surface area contributed by atoms with Gasteiger partial charge in [-0.25, -0.2) is 0 Å². The summed E-state index contributed by atoms with van der Waals surface area (Å²) in [5, 5.41) is 0. The first-order valence-electron chi connectivity index (χ1n) is 5.99. The molecule has 3 heteroatoms. The highest BCUT2D eigenvalue weighted by Crippen LogP contribution is 2.14. The van der Waals surface area contributed by atoms with E-state index in [9.17, 15) is 0 Å². The minimum absolute atomic E-state index is 0.784. The van der Waals surface area contributed by atoms with E-state index in [-0.39, 0.29) is 0 Å². The molecule has 0 radical (unpaired) electrons. The predicted molar refractivity (Wildman–Crippen MR) is 69.5 cm³/mol. The lowest BCUT2D eigenvalue weighted by atomic mass is 10.1. The number of benzene rings is 1. The zero-order valence-corrected chi connectivity index (χ0v) is 10.5. The molecule has 1 aromatic rings. The van der Waals surface area contributed by atoms with Gasteiger partial charge in [-0.2, -0.15) is 0 Å². The standard InChI is InChI=1S/C13H19NOS/c16-13-6-4-12(5-7-13)15-11-10-14-8-2-1-3-9-14/h4-7,16H,1-3,8-11H2. The number of hydrogen-bond acceptors (Lipinski definition) is 3. The molecule has 0 aliphatic carbocycles. The van der Waals surface area contributed by atoms with Crippen molar-refractivity contribution in [1.29, 1.82) is 0 Å². The Morgan fingerprint density at radius 3 is 2.44 bits per heavy atom. The van der Waals surface area contributed by atoms with Gasteiger partial charge in [-0.05, 0) is 50.2 Å². The quantitative estimate of drug-likeness (QED) is 0.808. The molecular weight excluding hydrogens is 218 g/mol. The van der Waals surface area contributed by atoms with E-state index >= 15 is 0 Å². The van der Waals surface area contributed by atoms with Crippen molar-refractivity contribution in [3.8, 4) is 5.75 Å². The van der Waals surface area contributed by atoms with Crippen molar-refractivity contribution in [3.05, 3.63) is 24.3 Å². The van der Waals surface area contributed by atoms with Crippen LogP contribution in [0.3, 0.4) is 0 Å². The smallest absolute Gasteiger partial charge is 0.119 e. The third-order valence-electron chi connectivity index (χ3n) is 2.96. The molecular formula is C13H19NOS. The van der Waals surface area contributed by atoms with Crippen molar-refractivity contribution < 1.29 is 4.74 Å². The first-order chi connectivity index (χ1) is 7.84. The van der Waals surface area contributed by atoms with E-state index in [1.807, 2.05) is 24.3 Å². The summed E-state index contributed by atoms with van der Waals surface area (Å²) < 4.78 is 5.69. The third kappa shape index (κ3) is 3.72. The number of ether oxygens (including phenoxy) is 1. The van der Waals surface area contributed by atoms with E-state index in [0.717, 1.165) is 23.8 Å². The number of hydrogen-bond donors (Lipinski definition) is 1. The van der Waals surface area contributed by atoms with E-state index in [0.29, 0.717) is 0 Å². The van der Waals surface area contributed by atoms with Crippen molar-refractivity contribution >= 4 is 12.6 Å². The fourth-order valence-corrected chi connectivity index (χ4v) is 2.17. The van der Waals surface area contributed by atoms with Crippen LogP contribution in [0.4, 0.5) is 0 Å². The number of nitrogens with zero attached hydrogens (tertiary/aromatic N) is 1. The second kappa shape index (κ2) is 6.16. The van der Waals surface area contributed by atoms with Gasteiger partial charge in [-0.15, -0.1) is 12.6 Å². The van der Waals surface area contributed by atoms with E-state index in [4.69, 9.17) is 4.74 Å². The normalized spacial score (nSPS) is 17.3. The molecule has 2 nitrogen and oxygen atoms in total. The molecule has 1 aromatic carbocycles. The van der Waals surface area contributed by atoms with Crippen LogP contribution < -0.4 is 4.74 Å². The molecule has 16 heavy (non-hydrogen) atoms. The number of piperidine rings is 1. The maximum atomic E-state index is 5.69. The number of thiol groups is 1. The van der Waals surface area contributed by atoms with Crippen molar-refractivity contribution in [2.45, 2.75) is 24.2 Å². The molecule has 0 bridgehead atoms. The lowest BCUT2D eigenvalue weighted by Crippen LogP contribution is -2.33. The summed E-state index contributed by atoms with van der Waals surface area (Å²) in [5.74, 6) is 0.940. The SMILES string of the molecule is Sc1ccc(OCCN2CCCCC2)cc1. The minimum atomic E-state index is 0.784. The molecule has 0 N–H and O–H groups in total. The fourth-order valence-electron chi connectivity index (χ4n) is 2.02. The zero-order chi connectivity index (χ0) is 11.2. The van der Waals surface area contributed by atoms with E-state index < -0.39 is 0 Å². The summed E-state index contributed by atoms with van der Waals surface area (Å²) in [6, 6.07) is 7.86. The van der Waals surface area contributed by atoms with Gasteiger partial charge in [0.15, 0.2) is 0 Å². The Kier molecular flexibility index (Phi) is 4.55. The Labute approximate surface area is 103 Å². The first-order valence-corrected chi connectivity index (χ1v) is 6.43. The van der Waals surface area contributed by atoms with E-state index in [2.05, 4.69) is 17.5 Å². The molecule has 0 unspecified atom stereocenters. The van der Waals surface area contributed by atoms with Crippen LogP contribution in [0.15, 0.2) is 29.2 Å². The maximum absolute atomic E-state index is 5.69. The fraction of sp³-hybridized carbons (Fsp3) is 0.538. The highest BCUT2D eigenvalue weighted by atomic mass is 32.1. The molecule has 1 heterocycles. The zero-order valence-electron chi connectivity index (χ0n) is 9.56. The van der Waals surface area contributed by atoms with Gasteiger partial charge >= 0.3 is 0 Å². The van der Waals surface area contributed by atoms with Crippen LogP contribution in [0.2, 0.25) is 0 Å². The van der Waals surface area contributed by atoms with Gasteiger partial charge < -0.3 is 4.74 Å². The summed E-state index contributed by atoms with van der Waals surface area (Å²) in [6.07, 6.45) is 4.07. The number of rotatable bonds is 4. The van der Waals surface area contributed by atoms with Gasteiger partial charge in [-0.1, -0.05) is 6.42 Å². The summed E-state index contributed by atoms with van der Waals surface area (Å²) in [5.41, 5.74) is 0. The van der Waals surface area contributed by atoms with Gasteiger partial charge in [0.05, 0.1) is 0 Å². The average molecular weight is 237 g/mol. The molecule has 1 aliphatic heterocycles. The maximum Gasteiger partial charge on any atom is 0.119 e. The van der Waals surface area contributed by atoms with Crippen molar-refractivity contribution in [1.82, 2.24) is 4.90 Å². The van der Waals surface area contributed by atoms with Crippen LogP contribution in [-0.2, 0) is 0 Å². The van der Waals surface area contributed by atoms with E-state index in [1.54, 1.807) is 0 Å². The van der Waals surface area contributed by atoms with Crippen LogP contribution >= 0.6 is 12.6 Å². The topological polar surface area (TPSA) is 12.5 Å². The summed E-state index contributed by atoms with van der Waals surface area (Å²) in [6.45, 7) is 4.30. The van der Waals surface area contributed by atoms with Crippen molar-refractivity contribution in [2.75, 3.05) is 26.2 Å². The molecule has 0 aromatic heterocycles. The third-order valence-corrected chi connectivity index (χ3v) is 3.26. The van der Waals surface area contributed by atoms with Crippen molar-refractivity contribution in [2.24, 2.45) is 0 Å². The summed E-state index contributed by atoms with van der Waals surface area (Å²) in [7, 11) is 0. The van der Waals surface area contributed by atoms with Gasteiger partial charge in [0.1, 0.15) is 12.4 Å². The van der Waals surface area contributed by atoms with Crippen LogP contribution in [0.25, 0.3) is 0 Å². The van der Waals surface area contributed by atoms with Gasteiger partial charge in [0.25, 0.3) is 0 Å². The Morgan fingerprint density at radius 1 is 1.06 bits per heavy atom. The minimum Gasteiger partial charge on any atom is -0.492 e. The first kappa shape index (κ1) is 11.8. The summed E-state index contributed by atoms with van der Waals surface area (Å²) in [4.78, 5) is 3.46. The van der Waals surface area contributed by atoms with Crippen molar-refractivity contribution in [3.63, 3.8) is 0 Å². The number of likely N-dealkylation sites (tertiary alicyclic amines) is 1. The Morgan fingerprint density at radius 2 is 1.75 bits per heavy atom. The monoisotopic (exact) mass is 237 g/mol. The average Bonchev–Trinajstić information content (AvgIpc) is 2.33. The molecule has 0 amide bonds. The molecule has 1 aliphatic rings. The molecule has 0 atom stereocenters. The highest BCUT2D eigenvalue weighted by Gasteiger charge is 2.09. The Balaban J connectivity index is 1.69. The lowest BCUT2D eigenvalue weighted by Gasteiger charge is -2.26. The van der Waals surface area contributed by atoms with Crippen LogP contribution in [-0.4, -0.2) is 31.1 Å². The van der Waals surface area contributed by atoms with Crippen LogP contribution in [0.5, 0.6) is 5.75 Å².